The topological polar surface area (TPSA) is 70.7 Å². The molecule has 0 spiro atoms. The van der Waals surface area contributed by atoms with Crippen LogP contribution in [0.3, 0.4) is 0 Å². The van der Waals surface area contributed by atoms with Crippen molar-refractivity contribution >= 4 is 11.6 Å². The number of rotatable bonds is 3. The van der Waals surface area contributed by atoms with Crippen LogP contribution in [0.25, 0.3) is 16.9 Å². The van der Waals surface area contributed by atoms with Gasteiger partial charge >= 0.3 is 0 Å². The number of aromatic hydroxyl groups is 1. The highest BCUT2D eigenvalue weighted by molar-refractivity contribution is 5.84. The van der Waals surface area contributed by atoms with Crippen LogP contribution in [0.15, 0.2) is 30.3 Å². The Bertz CT molecular complexity index is 911. The van der Waals surface area contributed by atoms with Gasteiger partial charge in [-0.2, -0.15) is 5.10 Å². The van der Waals surface area contributed by atoms with Crippen LogP contribution < -0.4 is 0 Å². The Morgan fingerprint density at radius 3 is 2.50 bits per heavy atom. The number of aromatic nitrogens is 3. The first-order valence-electron chi connectivity index (χ1n) is 7.72. The molecule has 2 heterocycles. The molecule has 6 heteroatoms. The van der Waals surface area contributed by atoms with Crippen molar-refractivity contribution in [3.63, 3.8) is 0 Å². The van der Waals surface area contributed by atoms with Crippen molar-refractivity contribution in [1.82, 2.24) is 19.5 Å². The highest BCUT2D eigenvalue weighted by Crippen LogP contribution is 2.28. The highest BCUT2D eigenvalue weighted by atomic mass is 16.3. The van der Waals surface area contributed by atoms with Crippen molar-refractivity contribution in [2.24, 2.45) is 0 Å². The normalized spacial score (nSPS) is 11.0. The van der Waals surface area contributed by atoms with E-state index in [9.17, 15) is 9.90 Å². The van der Waals surface area contributed by atoms with E-state index in [-0.39, 0.29) is 18.1 Å². The second-order valence-corrected chi connectivity index (χ2v) is 6.11. The van der Waals surface area contributed by atoms with Crippen LogP contribution in [0.1, 0.15) is 17.0 Å². The zero-order chi connectivity index (χ0) is 17.4. The Morgan fingerprint density at radius 1 is 1.21 bits per heavy atom. The van der Waals surface area contributed by atoms with E-state index in [1.54, 1.807) is 47.8 Å². The molecule has 0 aliphatic heterocycles. The number of benzene rings is 1. The van der Waals surface area contributed by atoms with Crippen LogP contribution >= 0.6 is 0 Å². The fourth-order valence-electron chi connectivity index (χ4n) is 2.69. The summed E-state index contributed by atoms with van der Waals surface area (Å²) in [5.74, 6) is 0.185. The van der Waals surface area contributed by atoms with Crippen LogP contribution in [0.2, 0.25) is 0 Å². The minimum atomic E-state index is -0.00844. The number of phenolic OH excluding ortho intramolecular Hbond substituents is 1. The molecule has 24 heavy (non-hydrogen) atoms. The lowest BCUT2D eigenvalue weighted by Crippen LogP contribution is -2.23. The van der Waals surface area contributed by atoms with Gasteiger partial charge in [-0.15, -0.1) is 0 Å². The molecular weight excluding hydrogens is 304 g/mol. The number of fused-ring (bicyclic) bond motifs is 1. The zero-order valence-corrected chi connectivity index (χ0v) is 14.2. The number of amides is 1. The van der Waals surface area contributed by atoms with Crippen molar-refractivity contribution in [3.8, 4) is 17.0 Å². The molecule has 1 N–H and O–H groups in total. The first-order valence-corrected chi connectivity index (χ1v) is 7.72. The highest BCUT2D eigenvalue weighted by Gasteiger charge is 2.20. The molecular formula is C18H20N4O2. The molecule has 0 saturated carbocycles. The molecule has 0 unspecified atom stereocenters. The first kappa shape index (κ1) is 16.0. The maximum atomic E-state index is 12.3. The van der Waals surface area contributed by atoms with E-state index >= 15 is 0 Å². The molecule has 1 aromatic carbocycles. The maximum absolute atomic E-state index is 12.3. The van der Waals surface area contributed by atoms with E-state index < -0.39 is 0 Å². The van der Waals surface area contributed by atoms with E-state index in [0.717, 1.165) is 22.5 Å². The van der Waals surface area contributed by atoms with E-state index in [0.29, 0.717) is 11.3 Å². The minimum Gasteiger partial charge on any atom is -0.508 e. The number of phenols is 1. The monoisotopic (exact) mass is 324 g/mol. The Balaban J connectivity index is 2.25. The van der Waals surface area contributed by atoms with Gasteiger partial charge < -0.3 is 10.0 Å². The third kappa shape index (κ3) is 2.82. The molecule has 6 nitrogen and oxygen atoms in total. The summed E-state index contributed by atoms with van der Waals surface area (Å²) >= 11 is 0. The Labute approximate surface area is 140 Å². The van der Waals surface area contributed by atoms with E-state index in [4.69, 9.17) is 0 Å². The number of likely N-dealkylation sites (N-methyl/N-ethyl adjacent to an activating group) is 1. The fraction of sp³-hybridized carbons (Fsp3) is 0.278. The number of carbonyl (C=O) groups excluding carboxylic acids is 1. The molecule has 0 aliphatic rings. The Kier molecular flexibility index (Phi) is 3.97. The summed E-state index contributed by atoms with van der Waals surface area (Å²) in [4.78, 5) is 18.4. The van der Waals surface area contributed by atoms with Gasteiger partial charge in [0, 0.05) is 36.6 Å². The van der Waals surface area contributed by atoms with E-state index in [1.165, 1.54) is 0 Å². The quantitative estimate of drug-likeness (QED) is 0.803. The first-order chi connectivity index (χ1) is 11.4. The molecule has 0 saturated heterocycles. The fourth-order valence-corrected chi connectivity index (χ4v) is 2.69. The van der Waals surface area contributed by atoms with Gasteiger partial charge in [-0.05, 0) is 44.2 Å². The lowest BCUT2D eigenvalue weighted by Gasteiger charge is -2.10. The van der Waals surface area contributed by atoms with Gasteiger partial charge in [0.1, 0.15) is 5.75 Å². The van der Waals surface area contributed by atoms with Crippen LogP contribution in [0.4, 0.5) is 0 Å². The van der Waals surface area contributed by atoms with Gasteiger partial charge in [0.25, 0.3) is 0 Å². The third-order valence-electron chi connectivity index (χ3n) is 3.96. The predicted molar refractivity (Wildman–Crippen MR) is 92.0 cm³/mol. The largest absolute Gasteiger partial charge is 0.508 e. The molecule has 0 aliphatic carbocycles. The second-order valence-electron chi connectivity index (χ2n) is 6.11. The van der Waals surface area contributed by atoms with Crippen molar-refractivity contribution in [2.45, 2.75) is 20.3 Å². The van der Waals surface area contributed by atoms with E-state index in [2.05, 4.69) is 10.1 Å². The van der Waals surface area contributed by atoms with Crippen LogP contribution in [-0.4, -0.2) is 44.6 Å². The van der Waals surface area contributed by atoms with Gasteiger partial charge in [0.15, 0.2) is 5.65 Å². The van der Waals surface area contributed by atoms with Gasteiger partial charge in [-0.3, -0.25) is 4.79 Å². The average molecular weight is 324 g/mol. The van der Waals surface area contributed by atoms with Gasteiger partial charge in [0.05, 0.1) is 12.1 Å². The zero-order valence-electron chi connectivity index (χ0n) is 14.2. The van der Waals surface area contributed by atoms with Crippen molar-refractivity contribution < 1.29 is 9.90 Å². The Hall–Kier alpha value is -2.89. The number of aryl methyl sites for hydroxylation is 2. The lowest BCUT2D eigenvalue weighted by molar-refractivity contribution is -0.127. The second kappa shape index (κ2) is 5.96. The Morgan fingerprint density at radius 2 is 1.88 bits per heavy atom. The minimum absolute atomic E-state index is 0.00844. The van der Waals surface area contributed by atoms with Crippen molar-refractivity contribution in [2.75, 3.05) is 14.1 Å². The van der Waals surface area contributed by atoms with Gasteiger partial charge in [-0.25, -0.2) is 9.50 Å². The van der Waals surface area contributed by atoms with Crippen LogP contribution in [0.5, 0.6) is 5.75 Å². The molecule has 1 amide bonds. The molecule has 0 atom stereocenters. The summed E-state index contributed by atoms with van der Waals surface area (Å²) in [6, 6.07) is 8.77. The maximum Gasteiger partial charge on any atom is 0.226 e. The summed E-state index contributed by atoms with van der Waals surface area (Å²) < 4.78 is 1.77. The molecule has 0 bridgehead atoms. The summed E-state index contributed by atoms with van der Waals surface area (Å²) in [6.07, 6.45) is 0.225. The van der Waals surface area contributed by atoms with E-state index in [1.807, 2.05) is 19.9 Å². The van der Waals surface area contributed by atoms with Gasteiger partial charge in [0.2, 0.25) is 5.91 Å². The average Bonchev–Trinajstić information content (AvgIpc) is 2.87. The number of carbonyl (C=O) groups is 1. The summed E-state index contributed by atoms with van der Waals surface area (Å²) in [5, 5.41) is 14.2. The molecule has 3 aromatic rings. The van der Waals surface area contributed by atoms with Crippen LogP contribution in [0, 0.1) is 13.8 Å². The molecule has 2 aromatic heterocycles. The third-order valence-corrected chi connectivity index (χ3v) is 3.96. The number of hydrogen-bond donors (Lipinski definition) is 1. The van der Waals surface area contributed by atoms with Gasteiger partial charge in [-0.1, -0.05) is 0 Å². The predicted octanol–water partition coefficient (Wildman–Crippen LogP) is 2.35. The summed E-state index contributed by atoms with van der Waals surface area (Å²) in [5.41, 5.74) is 4.90. The molecule has 0 radical (unpaired) electrons. The number of nitrogens with zero attached hydrogens (tertiary/aromatic N) is 4. The summed E-state index contributed by atoms with van der Waals surface area (Å²) in [7, 11) is 3.47. The molecule has 3 rings (SSSR count). The van der Waals surface area contributed by atoms with Crippen molar-refractivity contribution in [3.05, 3.63) is 47.3 Å². The summed E-state index contributed by atoms with van der Waals surface area (Å²) in [6.45, 7) is 3.89. The molecule has 124 valence electrons. The smallest absolute Gasteiger partial charge is 0.226 e. The van der Waals surface area contributed by atoms with Crippen LogP contribution in [-0.2, 0) is 11.2 Å². The van der Waals surface area contributed by atoms with Crippen molar-refractivity contribution in [1.29, 1.82) is 0 Å². The standard InChI is InChI=1S/C18H20N4O2/c1-11-9-12(2)22-18(19-11)15(10-16(24)21(3)4)17(20-22)13-5-7-14(23)8-6-13/h5-9,23H,10H2,1-4H3. The number of hydrogen-bond acceptors (Lipinski definition) is 4. The lowest BCUT2D eigenvalue weighted by atomic mass is 10.0. The molecule has 0 fully saturated rings. The SMILES string of the molecule is Cc1cc(C)n2nc(-c3ccc(O)cc3)c(CC(=O)N(C)C)c2n1.